The number of carbonyl (C=O) groups is 1. The predicted octanol–water partition coefficient (Wildman–Crippen LogP) is -0.550. The SMILES string of the molecule is [B]C1=CN2C(C(N)NC(=O)CC)=CNC2C=C1. The van der Waals surface area contributed by atoms with Crippen molar-refractivity contribution < 1.29 is 4.79 Å². The zero-order chi connectivity index (χ0) is 12.4. The van der Waals surface area contributed by atoms with Crippen LogP contribution in [0, 0.1) is 0 Å². The van der Waals surface area contributed by atoms with Crippen LogP contribution in [-0.2, 0) is 4.79 Å². The van der Waals surface area contributed by atoms with Crippen LogP contribution in [0.3, 0.4) is 0 Å². The van der Waals surface area contributed by atoms with Crippen molar-refractivity contribution in [3.8, 4) is 0 Å². The minimum absolute atomic E-state index is 0.0295. The number of nitrogens with zero attached hydrogens (tertiary/aromatic N) is 1. The number of carbonyl (C=O) groups excluding carboxylic acids is 1. The smallest absolute Gasteiger partial charge is 0.221 e. The highest BCUT2D eigenvalue weighted by Gasteiger charge is 2.28. The number of fused-ring (bicyclic) bond motifs is 1. The van der Waals surface area contributed by atoms with E-state index in [0.29, 0.717) is 11.9 Å². The Morgan fingerprint density at radius 3 is 3.24 bits per heavy atom. The molecule has 0 aromatic heterocycles. The van der Waals surface area contributed by atoms with Crippen LogP contribution in [-0.4, -0.2) is 31.0 Å². The van der Waals surface area contributed by atoms with Gasteiger partial charge < -0.3 is 21.3 Å². The zero-order valence-corrected chi connectivity index (χ0v) is 9.68. The minimum atomic E-state index is -0.532. The largest absolute Gasteiger partial charge is 0.366 e. The van der Waals surface area contributed by atoms with Crippen LogP contribution in [0.5, 0.6) is 0 Å². The predicted molar refractivity (Wildman–Crippen MR) is 66.2 cm³/mol. The Kier molecular flexibility index (Phi) is 3.24. The molecule has 0 bridgehead atoms. The fourth-order valence-corrected chi connectivity index (χ4v) is 1.80. The van der Waals surface area contributed by atoms with Gasteiger partial charge in [0.05, 0.1) is 5.70 Å². The van der Waals surface area contributed by atoms with E-state index in [-0.39, 0.29) is 12.1 Å². The molecule has 2 heterocycles. The lowest BCUT2D eigenvalue weighted by Gasteiger charge is -2.29. The number of nitrogens with two attached hydrogens (primary N) is 1. The molecule has 2 radical (unpaired) electrons. The zero-order valence-electron chi connectivity index (χ0n) is 9.68. The molecule has 1 amide bonds. The Hall–Kier alpha value is -1.69. The van der Waals surface area contributed by atoms with Crippen molar-refractivity contribution in [1.29, 1.82) is 0 Å². The van der Waals surface area contributed by atoms with Crippen LogP contribution < -0.4 is 16.4 Å². The van der Waals surface area contributed by atoms with E-state index in [1.807, 2.05) is 17.1 Å². The quantitative estimate of drug-likeness (QED) is 0.449. The van der Waals surface area contributed by atoms with Gasteiger partial charge in [0.25, 0.3) is 0 Å². The minimum Gasteiger partial charge on any atom is -0.366 e. The van der Waals surface area contributed by atoms with Crippen molar-refractivity contribution in [1.82, 2.24) is 15.5 Å². The molecule has 0 aromatic rings. The first-order valence-electron chi connectivity index (χ1n) is 5.56. The van der Waals surface area contributed by atoms with Crippen LogP contribution >= 0.6 is 0 Å². The fraction of sp³-hybridized carbons (Fsp3) is 0.364. The molecule has 0 aromatic carbocycles. The normalized spacial score (nSPS) is 23.4. The first-order chi connectivity index (χ1) is 8.11. The van der Waals surface area contributed by atoms with Crippen LogP contribution in [0.1, 0.15) is 13.3 Å². The van der Waals surface area contributed by atoms with E-state index in [1.165, 1.54) is 0 Å². The third-order valence-electron chi connectivity index (χ3n) is 2.72. The van der Waals surface area contributed by atoms with Crippen LogP contribution in [0.4, 0.5) is 0 Å². The first kappa shape index (κ1) is 11.8. The molecular formula is C11H15BN4O. The average Bonchev–Trinajstić information content (AvgIpc) is 2.71. The van der Waals surface area contributed by atoms with Crippen molar-refractivity contribution in [2.24, 2.45) is 5.73 Å². The summed E-state index contributed by atoms with van der Waals surface area (Å²) in [5.41, 5.74) is 7.38. The van der Waals surface area contributed by atoms with E-state index < -0.39 is 6.17 Å². The van der Waals surface area contributed by atoms with Gasteiger partial charge in [-0.3, -0.25) is 4.79 Å². The molecule has 2 rings (SSSR count). The van der Waals surface area contributed by atoms with Crippen LogP contribution in [0.15, 0.2) is 35.7 Å². The van der Waals surface area contributed by atoms with Gasteiger partial charge in [0, 0.05) is 12.6 Å². The van der Waals surface area contributed by atoms with Gasteiger partial charge in [-0.05, 0) is 12.3 Å². The van der Waals surface area contributed by atoms with Crippen molar-refractivity contribution in [3.63, 3.8) is 0 Å². The summed E-state index contributed by atoms with van der Waals surface area (Å²) in [4.78, 5) is 13.2. The maximum absolute atomic E-state index is 11.3. The lowest BCUT2D eigenvalue weighted by atomic mass is 9.94. The second kappa shape index (κ2) is 4.67. The van der Waals surface area contributed by atoms with Gasteiger partial charge in [0.1, 0.15) is 20.2 Å². The van der Waals surface area contributed by atoms with Crippen LogP contribution in [0.25, 0.3) is 0 Å². The Morgan fingerprint density at radius 2 is 2.53 bits per heavy atom. The summed E-state index contributed by atoms with van der Waals surface area (Å²) in [6, 6.07) is 0. The molecule has 4 N–H and O–H groups in total. The molecular weight excluding hydrogens is 215 g/mol. The molecule has 2 unspecified atom stereocenters. The standard InChI is InChI=1S/C11H15BN4O/c1-2-10(17)15-11(13)8-5-14-9-4-3-7(12)6-16(8)9/h3-6,9,11,14H,2,13H2,1H3,(H,15,17). The maximum Gasteiger partial charge on any atom is 0.221 e. The molecule has 2 atom stereocenters. The summed E-state index contributed by atoms with van der Waals surface area (Å²) in [6.07, 6.45) is 7.28. The molecule has 88 valence electrons. The van der Waals surface area contributed by atoms with Crippen LogP contribution in [0.2, 0.25) is 0 Å². The topological polar surface area (TPSA) is 70.4 Å². The average molecular weight is 230 g/mol. The molecule has 0 saturated carbocycles. The number of rotatable bonds is 3. The second-order valence-corrected chi connectivity index (χ2v) is 3.97. The summed E-state index contributed by atoms with van der Waals surface area (Å²) in [5.74, 6) is -0.0775. The molecule has 0 spiro atoms. The highest BCUT2D eigenvalue weighted by atomic mass is 16.1. The molecule has 17 heavy (non-hydrogen) atoms. The molecule has 2 aliphatic heterocycles. The van der Waals surface area contributed by atoms with Gasteiger partial charge in [-0.2, -0.15) is 0 Å². The number of allylic oxidation sites excluding steroid dienone is 2. The van der Waals surface area contributed by atoms with Crippen molar-refractivity contribution in [3.05, 3.63) is 35.7 Å². The van der Waals surface area contributed by atoms with Gasteiger partial charge in [-0.1, -0.05) is 18.5 Å². The summed E-state index contributed by atoms with van der Waals surface area (Å²) in [5, 5.41) is 5.86. The van der Waals surface area contributed by atoms with Gasteiger partial charge in [0.2, 0.25) is 5.91 Å². The third-order valence-corrected chi connectivity index (χ3v) is 2.72. The monoisotopic (exact) mass is 230 g/mol. The molecule has 0 saturated heterocycles. The molecule has 0 aliphatic carbocycles. The lowest BCUT2D eigenvalue weighted by molar-refractivity contribution is -0.121. The highest BCUT2D eigenvalue weighted by Crippen LogP contribution is 2.21. The molecule has 5 nitrogen and oxygen atoms in total. The first-order valence-corrected chi connectivity index (χ1v) is 5.56. The Balaban J connectivity index is 2.07. The van der Waals surface area contributed by atoms with Gasteiger partial charge >= 0.3 is 0 Å². The number of hydrogen-bond acceptors (Lipinski definition) is 4. The van der Waals surface area contributed by atoms with E-state index in [4.69, 9.17) is 13.6 Å². The number of nitrogens with one attached hydrogen (secondary N) is 2. The summed E-state index contributed by atoms with van der Waals surface area (Å²) in [7, 11) is 5.73. The van der Waals surface area contributed by atoms with E-state index >= 15 is 0 Å². The molecule has 6 heteroatoms. The molecule has 2 aliphatic rings. The summed E-state index contributed by atoms with van der Waals surface area (Å²) in [6.45, 7) is 1.79. The van der Waals surface area contributed by atoms with Crippen molar-refractivity contribution in [2.45, 2.75) is 25.7 Å². The van der Waals surface area contributed by atoms with Gasteiger partial charge in [0.15, 0.2) is 0 Å². The molecule has 0 fully saturated rings. The Morgan fingerprint density at radius 1 is 1.76 bits per heavy atom. The fourth-order valence-electron chi connectivity index (χ4n) is 1.80. The Bertz CT molecular complexity index is 416. The van der Waals surface area contributed by atoms with E-state index in [2.05, 4.69) is 10.6 Å². The summed E-state index contributed by atoms with van der Waals surface area (Å²) >= 11 is 0. The van der Waals surface area contributed by atoms with Crippen molar-refractivity contribution in [2.75, 3.05) is 0 Å². The number of hydrogen-bond donors (Lipinski definition) is 3. The lowest BCUT2D eigenvalue weighted by Crippen LogP contribution is -2.47. The number of amides is 1. The highest BCUT2D eigenvalue weighted by molar-refractivity contribution is 6.23. The summed E-state index contributed by atoms with van der Waals surface area (Å²) < 4.78 is 0. The van der Waals surface area contributed by atoms with E-state index in [1.54, 1.807) is 19.3 Å². The Labute approximate surface area is 102 Å². The van der Waals surface area contributed by atoms with E-state index in [0.717, 1.165) is 5.70 Å². The van der Waals surface area contributed by atoms with Crippen molar-refractivity contribution >= 4 is 13.8 Å². The maximum atomic E-state index is 11.3. The van der Waals surface area contributed by atoms with Gasteiger partial charge in [-0.15, -0.1) is 0 Å². The second-order valence-electron chi connectivity index (χ2n) is 3.97. The van der Waals surface area contributed by atoms with E-state index in [9.17, 15) is 4.79 Å². The third kappa shape index (κ3) is 2.36. The van der Waals surface area contributed by atoms with Gasteiger partial charge in [-0.25, -0.2) is 0 Å².